The quantitative estimate of drug-likeness (QED) is 0.814. The molecule has 0 spiro atoms. The maximum Gasteiger partial charge on any atom is 0.261 e. The molecular weight excluding hydrogens is 286 g/mol. The van der Waals surface area contributed by atoms with E-state index in [4.69, 9.17) is 0 Å². The fourth-order valence-corrected chi connectivity index (χ4v) is 3.16. The Morgan fingerprint density at radius 2 is 1.67 bits per heavy atom. The van der Waals surface area contributed by atoms with Crippen molar-refractivity contribution in [2.45, 2.75) is 11.8 Å². The summed E-state index contributed by atoms with van der Waals surface area (Å²) in [5, 5.41) is 6.07. The Kier molecular flexibility index (Phi) is 3.10. The monoisotopic (exact) mass is 301 g/mol. The van der Waals surface area contributed by atoms with Gasteiger partial charge in [0.05, 0.1) is 22.0 Å². The summed E-state index contributed by atoms with van der Waals surface area (Å²) >= 11 is 0. The van der Waals surface area contributed by atoms with E-state index < -0.39 is 10.0 Å². The first-order chi connectivity index (χ1) is 9.94. The molecule has 1 aliphatic heterocycles. The minimum Gasteiger partial charge on any atom is -0.341 e. The van der Waals surface area contributed by atoms with E-state index in [0.29, 0.717) is 11.5 Å². The van der Waals surface area contributed by atoms with Crippen LogP contribution in [0, 0.1) is 6.92 Å². The Labute approximate surface area is 123 Å². The standard InChI is InChI=1S/C15H15N3O2S/c1-10-3-6-13(7-4-10)21(19,20)18-12-5-8-14-15(9-12)17-11(2)16-14/h3-9,16-18H,2H2,1H3. The zero-order valence-corrected chi connectivity index (χ0v) is 12.3. The maximum absolute atomic E-state index is 12.3. The summed E-state index contributed by atoms with van der Waals surface area (Å²) in [5.41, 5.74) is 3.18. The van der Waals surface area contributed by atoms with Gasteiger partial charge in [0.25, 0.3) is 10.0 Å². The zero-order chi connectivity index (χ0) is 15.0. The molecule has 0 aromatic heterocycles. The summed E-state index contributed by atoms with van der Waals surface area (Å²) in [5.74, 6) is 0.670. The van der Waals surface area contributed by atoms with Gasteiger partial charge in [-0.2, -0.15) is 0 Å². The van der Waals surface area contributed by atoms with Gasteiger partial charge in [0, 0.05) is 0 Å². The lowest BCUT2D eigenvalue weighted by Crippen LogP contribution is -2.12. The number of rotatable bonds is 3. The van der Waals surface area contributed by atoms with Gasteiger partial charge in [-0.15, -0.1) is 0 Å². The van der Waals surface area contributed by atoms with Crippen LogP contribution in [-0.4, -0.2) is 8.42 Å². The average molecular weight is 301 g/mol. The van der Waals surface area contributed by atoms with Crippen molar-refractivity contribution < 1.29 is 8.42 Å². The molecule has 0 fully saturated rings. The predicted molar refractivity (Wildman–Crippen MR) is 84.8 cm³/mol. The molecule has 0 aliphatic carbocycles. The van der Waals surface area contributed by atoms with E-state index in [2.05, 4.69) is 21.9 Å². The van der Waals surface area contributed by atoms with Crippen molar-refractivity contribution in [3.8, 4) is 0 Å². The first-order valence-electron chi connectivity index (χ1n) is 6.40. The van der Waals surface area contributed by atoms with Crippen LogP contribution < -0.4 is 15.4 Å². The second-order valence-corrected chi connectivity index (χ2v) is 6.59. The van der Waals surface area contributed by atoms with E-state index in [-0.39, 0.29) is 4.90 Å². The molecule has 1 heterocycles. The SMILES string of the molecule is C=C1Nc2ccc(NS(=O)(=O)c3ccc(C)cc3)cc2N1. The normalized spacial score (nSPS) is 13.3. The van der Waals surface area contributed by atoms with Gasteiger partial charge in [0.1, 0.15) is 5.82 Å². The fourth-order valence-electron chi connectivity index (χ4n) is 2.11. The van der Waals surface area contributed by atoms with Gasteiger partial charge in [-0.3, -0.25) is 4.72 Å². The Balaban J connectivity index is 1.88. The Bertz CT molecular complexity index is 811. The predicted octanol–water partition coefficient (Wildman–Crippen LogP) is 3.10. The molecule has 0 amide bonds. The molecule has 6 heteroatoms. The molecule has 21 heavy (non-hydrogen) atoms. The molecule has 2 aromatic rings. The van der Waals surface area contributed by atoms with E-state index in [1.165, 1.54) is 0 Å². The number of hydrogen-bond donors (Lipinski definition) is 3. The number of aryl methyl sites for hydroxylation is 1. The first-order valence-corrected chi connectivity index (χ1v) is 7.89. The van der Waals surface area contributed by atoms with Crippen molar-refractivity contribution in [3.05, 3.63) is 60.4 Å². The summed E-state index contributed by atoms with van der Waals surface area (Å²) in [6.07, 6.45) is 0. The molecule has 3 N–H and O–H groups in total. The molecule has 1 aliphatic rings. The summed E-state index contributed by atoms with van der Waals surface area (Å²) in [6.45, 7) is 5.68. The van der Waals surface area contributed by atoms with E-state index >= 15 is 0 Å². The highest BCUT2D eigenvalue weighted by Crippen LogP contribution is 2.32. The third kappa shape index (κ3) is 2.71. The van der Waals surface area contributed by atoms with Crippen molar-refractivity contribution in [1.82, 2.24) is 0 Å². The van der Waals surface area contributed by atoms with Crippen LogP contribution in [0.15, 0.2) is 59.8 Å². The molecule has 3 rings (SSSR count). The van der Waals surface area contributed by atoms with Crippen LogP contribution in [0.4, 0.5) is 17.1 Å². The molecule has 0 bridgehead atoms. The van der Waals surface area contributed by atoms with Crippen LogP contribution in [-0.2, 0) is 10.0 Å². The highest BCUT2D eigenvalue weighted by molar-refractivity contribution is 7.92. The molecule has 0 radical (unpaired) electrons. The second kappa shape index (κ2) is 4.82. The Morgan fingerprint density at radius 3 is 2.38 bits per heavy atom. The molecule has 0 atom stereocenters. The lowest BCUT2D eigenvalue weighted by atomic mass is 10.2. The minimum absolute atomic E-state index is 0.240. The highest BCUT2D eigenvalue weighted by Gasteiger charge is 2.17. The van der Waals surface area contributed by atoms with Crippen LogP contribution in [0.5, 0.6) is 0 Å². The summed E-state index contributed by atoms with van der Waals surface area (Å²) in [7, 11) is -3.58. The topological polar surface area (TPSA) is 70.2 Å². The first kappa shape index (κ1) is 13.5. The van der Waals surface area contributed by atoms with Gasteiger partial charge in [0.15, 0.2) is 0 Å². The van der Waals surface area contributed by atoms with Crippen LogP contribution in [0.3, 0.4) is 0 Å². The molecule has 5 nitrogen and oxygen atoms in total. The smallest absolute Gasteiger partial charge is 0.261 e. The molecular formula is C15H15N3O2S. The van der Waals surface area contributed by atoms with Crippen molar-refractivity contribution in [3.63, 3.8) is 0 Å². The van der Waals surface area contributed by atoms with Crippen molar-refractivity contribution in [2.24, 2.45) is 0 Å². The number of hydrogen-bond acceptors (Lipinski definition) is 4. The molecule has 0 unspecified atom stereocenters. The van der Waals surface area contributed by atoms with Crippen LogP contribution in [0.1, 0.15) is 5.56 Å². The summed E-state index contributed by atoms with van der Waals surface area (Å²) < 4.78 is 27.2. The van der Waals surface area contributed by atoms with Crippen LogP contribution in [0.2, 0.25) is 0 Å². The average Bonchev–Trinajstić information content (AvgIpc) is 2.78. The number of benzene rings is 2. The highest BCUT2D eigenvalue weighted by atomic mass is 32.2. The summed E-state index contributed by atoms with van der Waals surface area (Å²) in [6, 6.07) is 12.0. The maximum atomic E-state index is 12.3. The number of nitrogens with one attached hydrogen (secondary N) is 3. The number of fused-ring (bicyclic) bond motifs is 1. The van der Waals surface area contributed by atoms with Gasteiger partial charge in [-0.05, 0) is 37.3 Å². The van der Waals surface area contributed by atoms with E-state index in [1.54, 1.807) is 42.5 Å². The lowest BCUT2D eigenvalue weighted by molar-refractivity contribution is 0.601. The number of anilines is 3. The van der Waals surface area contributed by atoms with Gasteiger partial charge < -0.3 is 10.6 Å². The third-order valence-corrected chi connectivity index (χ3v) is 4.57. The fraction of sp³-hybridized carbons (Fsp3) is 0.0667. The minimum atomic E-state index is -3.58. The van der Waals surface area contributed by atoms with Crippen molar-refractivity contribution >= 4 is 27.1 Å². The molecule has 2 aromatic carbocycles. The Morgan fingerprint density at radius 1 is 1.00 bits per heavy atom. The summed E-state index contributed by atoms with van der Waals surface area (Å²) in [4.78, 5) is 0.240. The van der Waals surface area contributed by atoms with E-state index in [0.717, 1.165) is 16.9 Å². The zero-order valence-electron chi connectivity index (χ0n) is 11.5. The van der Waals surface area contributed by atoms with Crippen molar-refractivity contribution in [1.29, 1.82) is 0 Å². The van der Waals surface area contributed by atoms with Gasteiger partial charge in [-0.1, -0.05) is 24.3 Å². The largest absolute Gasteiger partial charge is 0.341 e. The van der Waals surface area contributed by atoms with Crippen LogP contribution in [0.25, 0.3) is 0 Å². The van der Waals surface area contributed by atoms with E-state index in [1.807, 2.05) is 6.92 Å². The Hall–Kier alpha value is -2.47. The van der Waals surface area contributed by atoms with Gasteiger partial charge in [0.2, 0.25) is 0 Å². The van der Waals surface area contributed by atoms with E-state index in [9.17, 15) is 8.42 Å². The number of sulfonamides is 1. The van der Waals surface area contributed by atoms with Crippen LogP contribution >= 0.6 is 0 Å². The van der Waals surface area contributed by atoms with Gasteiger partial charge in [-0.25, -0.2) is 8.42 Å². The van der Waals surface area contributed by atoms with Gasteiger partial charge >= 0.3 is 0 Å². The second-order valence-electron chi connectivity index (χ2n) is 4.91. The molecule has 0 saturated heterocycles. The lowest BCUT2D eigenvalue weighted by Gasteiger charge is -2.09. The molecule has 108 valence electrons. The molecule has 0 saturated carbocycles. The van der Waals surface area contributed by atoms with Crippen molar-refractivity contribution in [2.75, 3.05) is 15.4 Å². The third-order valence-electron chi connectivity index (χ3n) is 3.17.